The van der Waals surface area contributed by atoms with E-state index in [4.69, 9.17) is 23.0 Å². The molecule has 1 atom stereocenters. The number of amides is 1. The summed E-state index contributed by atoms with van der Waals surface area (Å²) in [5, 5.41) is 2.50. The van der Waals surface area contributed by atoms with Gasteiger partial charge in [0.05, 0.1) is 20.3 Å². The molecule has 1 amide bonds. The third-order valence-corrected chi connectivity index (χ3v) is 4.82. The number of benzene rings is 1. The van der Waals surface area contributed by atoms with Crippen molar-refractivity contribution in [3.8, 4) is 5.75 Å². The first-order valence-corrected chi connectivity index (χ1v) is 10.9. The van der Waals surface area contributed by atoms with E-state index in [1.165, 1.54) is 19.3 Å². The topological polar surface area (TPSA) is 109 Å². The molecule has 0 aliphatic heterocycles. The minimum atomic E-state index is -3.87. The lowest BCUT2D eigenvalue weighted by atomic mass is 10.1. The minimum absolute atomic E-state index is 0.0242. The van der Waals surface area contributed by atoms with Crippen molar-refractivity contribution >= 4 is 19.9 Å². The van der Waals surface area contributed by atoms with Crippen LogP contribution in [0.25, 0.3) is 0 Å². The molecule has 0 aromatic heterocycles. The van der Waals surface area contributed by atoms with Gasteiger partial charge in [0.1, 0.15) is 17.4 Å². The molecule has 172 valence electrons. The SMILES string of the molecule is C=CCOP(=O)(OCC=C)Oc1ccc(C[C@H](NC(=O)OC(C)(C)C)C(=O)OC)cc1. The van der Waals surface area contributed by atoms with Crippen LogP contribution in [0.1, 0.15) is 26.3 Å². The molecule has 10 heteroatoms. The fourth-order valence-electron chi connectivity index (χ4n) is 2.21. The van der Waals surface area contributed by atoms with E-state index < -0.39 is 31.5 Å². The van der Waals surface area contributed by atoms with Gasteiger partial charge in [-0.05, 0) is 38.5 Å². The van der Waals surface area contributed by atoms with Crippen molar-refractivity contribution < 1.29 is 37.2 Å². The minimum Gasteiger partial charge on any atom is -0.467 e. The molecule has 1 N–H and O–H groups in total. The Balaban J connectivity index is 2.87. The monoisotopic (exact) mass is 455 g/mol. The summed E-state index contributed by atoms with van der Waals surface area (Å²) in [4.78, 5) is 24.1. The highest BCUT2D eigenvalue weighted by Crippen LogP contribution is 2.49. The van der Waals surface area contributed by atoms with Gasteiger partial charge in [0.2, 0.25) is 0 Å². The Morgan fingerprint density at radius 2 is 1.65 bits per heavy atom. The summed E-state index contributed by atoms with van der Waals surface area (Å²) in [5.74, 6) is -0.388. The van der Waals surface area contributed by atoms with Crippen LogP contribution in [0.5, 0.6) is 5.75 Å². The second-order valence-electron chi connectivity index (χ2n) is 7.28. The number of phosphoric acid groups is 1. The maximum atomic E-state index is 12.6. The molecule has 0 aliphatic carbocycles. The molecule has 0 bridgehead atoms. The number of rotatable bonds is 12. The number of hydrogen-bond acceptors (Lipinski definition) is 8. The van der Waals surface area contributed by atoms with E-state index in [1.807, 2.05) is 0 Å². The van der Waals surface area contributed by atoms with Gasteiger partial charge < -0.3 is 19.3 Å². The third-order valence-electron chi connectivity index (χ3n) is 3.46. The van der Waals surface area contributed by atoms with Crippen molar-refractivity contribution in [3.05, 3.63) is 55.1 Å². The van der Waals surface area contributed by atoms with Gasteiger partial charge in [0.25, 0.3) is 0 Å². The molecule has 0 saturated heterocycles. The van der Waals surface area contributed by atoms with Crippen LogP contribution in [0, 0.1) is 0 Å². The number of carbonyl (C=O) groups is 2. The number of esters is 1. The standard InChI is InChI=1S/C21H30NO8P/c1-7-13-27-31(25,28-14-8-2)30-17-11-9-16(10-12-17)15-18(19(23)26-6)22-20(24)29-21(3,4)5/h7-12,18H,1-2,13-15H2,3-6H3,(H,22,24)/t18-/m0/s1. The molecular formula is C21H30NO8P. The molecule has 0 fully saturated rings. The van der Waals surface area contributed by atoms with Crippen LogP contribution in [-0.4, -0.2) is 44.0 Å². The van der Waals surface area contributed by atoms with Gasteiger partial charge in [0.15, 0.2) is 0 Å². The van der Waals surface area contributed by atoms with E-state index in [0.29, 0.717) is 5.56 Å². The second kappa shape index (κ2) is 12.3. The number of alkyl carbamates (subject to hydrolysis) is 1. The van der Waals surface area contributed by atoms with E-state index in [2.05, 4.69) is 18.5 Å². The Hall–Kier alpha value is -2.61. The summed E-state index contributed by atoms with van der Waals surface area (Å²) >= 11 is 0. The Morgan fingerprint density at radius 1 is 1.10 bits per heavy atom. The zero-order chi connectivity index (χ0) is 23.5. The molecule has 0 aliphatic rings. The lowest BCUT2D eigenvalue weighted by Gasteiger charge is -2.22. The highest BCUT2D eigenvalue weighted by molar-refractivity contribution is 7.48. The normalized spacial score (nSPS) is 12.4. The first-order chi connectivity index (χ1) is 14.5. The van der Waals surface area contributed by atoms with Gasteiger partial charge in [-0.3, -0.25) is 9.05 Å². The summed E-state index contributed by atoms with van der Waals surface area (Å²) in [7, 11) is -2.64. The van der Waals surface area contributed by atoms with Gasteiger partial charge >= 0.3 is 19.9 Å². The quantitative estimate of drug-likeness (QED) is 0.284. The van der Waals surface area contributed by atoms with Crippen molar-refractivity contribution in [3.63, 3.8) is 0 Å². The lowest BCUT2D eigenvalue weighted by Crippen LogP contribution is -2.45. The fraction of sp³-hybridized carbons (Fsp3) is 0.429. The van der Waals surface area contributed by atoms with Crippen LogP contribution < -0.4 is 9.84 Å². The van der Waals surface area contributed by atoms with Gasteiger partial charge in [-0.1, -0.05) is 24.3 Å². The molecule has 0 heterocycles. The summed E-state index contributed by atoms with van der Waals surface area (Å²) < 4.78 is 38.2. The van der Waals surface area contributed by atoms with Crippen molar-refractivity contribution in [2.45, 2.75) is 38.8 Å². The van der Waals surface area contributed by atoms with Crippen molar-refractivity contribution in [1.29, 1.82) is 0 Å². The lowest BCUT2D eigenvalue weighted by molar-refractivity contribution is -0.143. The molecule has 1 aromatic carbocycles. The maximum Gasteiger partial charge on any atom is 0.530 e. The number of hydrogen-bond donors (Lipinski definition) is 1. The van der Waals surface area contributed by atoms with Gasteiger partial charge in [-0.25, -0.2) is 14.2 Å². The number of phosphoric ester groups is 1. The van der Waals surface area contributed by atoms with Crippen LogP contribution in [0.2, 0.25) is 0 Å². The predicted octanol–water partition coefficient (Wildman–Crippen LogP) is 4.19. The van der Waals surface area contributed by atoms with Crippen molar-refractivity contribution in [1.82, 2.24) is 5.32 Å². The smallest absolute Gasteiger partial charge is 0.467 e. The predicted molar refractivity (Wildman–Crippen MR) is 116 cm³/mol. The molecule has 1 rings (SSSR count). The van der Waals surface area contributed by atoms with E-state index in [1.54, 1.807) is 45.0 Å². The highest BCUT2D eigenvalue weighted by atomic mass is 31.2. The zero-order valence-electron chi connectivity index (χ0n) is 18.3. The number of carbonyl (C=O) groups excluding carboxylic acids is 2. The Labute approximate surface area is 183 Å². The highest BCUT2D eigenvalue weighted by Gasteiger charge is 2.28. The number of ether oxygens (including phenoxy) is 2. The molecule has 0 radical (unpaired) electrons. The summed E-state index contributed by atoms with van der Waals surface area (Å²) in [6.07, 6.45) is 2.24. The summed E-state index contributed by atoms with van der Waals surface area (Å²) in [6, 6.07) is 5.42. The first kappa shape index (κ1) is 26.4. The van der Waals surface area contributed by atoms with Crippen LogP contribution >= 0.6 is 7.82 Å². The van der Waals surface area contributed by atoms with Crippen LogP contribution in [-0.2, 0) is 34.3 Å². The van der Waals surface area contributed by atoms with Crippen molar-refractivity contribution in [2.24, 2.45) is 0 Å². The molecule has 0 spiro atoms. The van der Waals surface area contributed by atoms with E-state index in [-0.39, 0.29) is 25.4 Å². The van der Waals surface area contributed by atoms with E-state index in [0.717, 1.165) is 0 Å². The zero-order valence-corrected chi connectivity index (χ0v) is 19.2. The van der Waals surface area contributed by atoms with Gasteiger partial charge in [-0.15, -0.1) is 13.2 Å². The second-order valence-corrected chi connectivity index (χ2v) is 8.87. The van der Waals surface area contributed by atoms with Gasteiger partial charge in [0, 0.05) is 6.42 Å². The third kappa shape index (κ3) is 10.3. The van der Waals surface area contributed by atoms with Crippen molar-refractivity contribution in [2.75, 3.05) is 20.3 Å². The molecule has 9 nitrogen and oxygen atoms in total. The Morgan fingerprint density at radius 3 is 2.10 bits per heavy atom. The average molecular weight is 455 g/mol. The van der Waals surface area contributed by atoms with Crippen LogP contribution in [0.4, 0.5) is 4.79 Å². The summed E-state index contributed by atoms with van der Waals surface area (Å²) in [6.45, 7) is 12.1. The van der Waals surface area contributed by atoms with Crippen LogP contribution in [0.15, 0.2) is 49.6 Å². The first-order valence-electron chi connectivity index (χ1n) is 9.48. The van der Waals surface area contributed by atoms with Gasteiger partial charge in [-0.2, -0.15) is 0 Å². The summed E-state index contributed by atoms with van der Waals surface area (Å²) in [5.41, 5.74) is -0.0217. The fourth-order valence-corrected chi connectivity index (χ4v) is 3.35. The van der Waals surface area contributed by atoms with E-state index >= 15 is 0 Å². The molecule has 31 heavy (non-hydrogen) atoms. The average Bonchev–Trinajstić information content (AvgIpc) is 2.70. The maximum absolute atomic E-state index is 12.6. The largest absolute Gasteiger partial charge is 0.530 e. The van der Waals surface area contributed by atoms with E-state index in [9.17, 15) is 14.2 Å². The molecule has 1 aromatic rings. The molecule has 0 unspecified atom stereocenters. The van der Waals surface area contributed by atoms with Crippen LogP contribution in [0.3, 0.4) is 0 Å². The Bertz CT molecular complexity index is 785. The molecular weight excluding hydrogens is 425 g/mol. The number of methoxy groups -OCH3 is 1. The Kier molecular flexibility index (Phi) is 10.5. The number of nitrogens with one attached hydrogen (secondary N) is 1. The molecule has 0 saturated carbocycles.